The number of halogens is 1. The minimum absolute atomic E-state index is 0.161. The van der Waals surface area contributed by atoms with Gasteiger partial charge in [0, 0.05) is 0 Å². The lowest BCUT2D eigenvalue weighted by molar-refractivity contribution is -0.117. The van der Waals surface area contributed by atoms with E-state index in [4.69, 9.17) is 17.3 Å². The average molecular weight is 293 g/mol. The van der Waals surface area contributed by atoms with Crippen LogP contribution in [-0.4, -0.2) is 21.9 Å². The van der Waals surface area contributed by atoms with Crippen LogP contribution in [-0.2, 0) is 4.79 Å². The highest BCUT2D eigenvalue weighted by molar-refractivity contribution is 6.32. The van der Waals surface area contributed by atoms with E-state index in [1.165, 1.54) is 0 Å². The number of anilines is 1. The third-order valence-electron chi connectivity index (χ3n) is 2.83. The molecule has 1 aromatic heterocycles. The van der Waals surface area contributed by atoms with Crippen molar-refractivity contribution in [3.05, 3.63) is 29.4 Å². The normalized spacial score (nSPS) is 12.7. The molecule has 0 aliphatic heterocycles. The Bertz CT molecular complexity index is 630. The summed E-state index contributed by atoms with van der Waals surface area (Å²) in [4.78, 5) is 20.5. The zero-order valence-electron chi connectivity index (χ0n) is 11.4. The highest BCUT2D eigenvalue weighted by Crippen LogP contribution is 2.21. The molecule has 1 amide bonds. The zero-order valence-corrected chi connectivity index (χ0v) is 12.2. The minimum Gasteiger partial charge on any atom is -0.320 e. The van der Waals surface area contributed by atoms with E-state index >= 15 is 0 Å². The number of benzene rings is 1. The maximum atomic E-state index is 12.0. The fourth-order valence-corrected chi connectivity index (χ4v) is 2.06. The van der Waals surface area contributed by atoms with Gasteiger partial charge in [-0.3, -0.25) is 4.79 Å². The van der Waals surface area contributed by atoms with Crippen LogP contribution >= 0.6 is 11.6 Å². The van der Waals surface area contributed by atoms with Crippen LogP contribution in [0.25, 0.3) is 11.0 Å². The van der Waals surface area contributed by atoms with Gasteiger partial charge in [0.05, 0.1) is 17.1 Å². The van der Waals surface area contributed by atoms with Gasteiger partial charge in [-0.2, -0.15) is 0 Å². The number of aromatic nitrogens is 2. The van der Waals surface area contributed by atoms with Crippen molar-refractivity contribution in [1.82, 2.24) is 9.97 Å². The van der Waals surface area contributed by atoms with Crippen LogP contribution in [0.5, 0.6) is 0 Å². The number of fused-ring (bicyclic) bond motifs is 1. The smallest absolute Gasteiger partial charge is 0.242 e. The molecule has 106 valence electrons. The predicted molar refractivity (Wildman–Crippen MR) is 80.6 cm³/mol. The van der Waals surface area contributed by atoms with Gasteiger partial charge in [-0.05, 0) is 24.5 Å². The number of nitrogens with zero attached hydrogens (tertiary/aromatic N) is 2. The molecule has 0 aliphatic rings. The van der Waals surface area contributed by atoms with E-state index in [0.29, 0.717) is 23.4 Å². The first-order chi connectivity index (χ1) is 9.47. The first-order valence-electron chi connectivity index (χ1n) is 6.46. The predicted octanol–water partition coefficient (Wildman–Crippen LogP) is 2.60. The van der Waals surface area contributed by atoms with Crippen LogP contribution in [0.4, 0.5) is 5.82 Å². The maximum Gasteiger partial charge on any atom is 0.242 e. The van der Waals surface area contributed by atoms with E-state index in [0.717, 1.165) is 0 Å². The standard InChI is InChI=1S/C14H17ClN4O/c1-8(2)7-9(16)14(20)19-13-12(15)17-10-5-3-4-6-11(10)18-13/h3-6,8-9H,7,16H2,1-2H3,(H,18,19,20)/t9-/m0/s1. The van der Waals surface area contributed by atoms with Crippen molar-refractivity contribution in [2.45, 2.75) is 26.3 Å². The molecule has 1 aromatic carbocycles. The van der Waals surface area contributed by atoms with Crippen LogP contribution in [0.2, 0.25) is 5.15 Å². The Hall–Kier alpha value is -1.72. The molecular formula is C14H17ClN4O. The van der Waals surface area contributed by atoms with E-state index in [9.17, 15) is 4.79 Å². The van der Waals surface area contributed by atoms with Gasteiger partial charge in [-0.25, -0.2) is 9.97 Å². The van der Waals surface area contributed by atoms with Gasteiger partial charge in [0.25, 0.3) is 0 Å². The molecule has 2 rings (SSSR count). The molecule has 5 nitrogen and oxygen atoms in total. The van der Waals surface area contributed by atoms with Gasteiger partial charge in [-0.1, -0.05) is 37.6 Å². The Morgan fingerprint density at radius 2 is 1.90 bits per heavy atom. The Morgan fingerprint density at radius 3 is 2.50 bits per heavy atom. The molecule has 0 spiro atoms. The molecule has 0 saturated carbocycles. The van der Waals surface area contributed by atoms with Gasteiger partial charge in [0.15, 0.2) is 11.0 Å². The number of hydrogen-bond donors (Lipinski definition) is 2. The van der Waals surface area contributed by atoms with Crippen molar-refractivity contribution in [1.29, 1.82) is 0 Å². The zero-order chi connectivity index (χ0) is 14.7. The number of amides is 1. The van der Waals surface area contributed by atoms with Crippen molar-refractivity contribution < 1.29 is 4.79 Å². The monoisotopic (exact) mass is 292 g/mol. The summed E-state index contributed by atoms with van der Waals surface area (Å²) in [6, 6.07) is 6.73. The molecule has 20 heavy (non-hydrogen) atoms. The van der Waals surface area contributed by atoms with Gasteiger partial charge >= 0.3 is 0 Å². The maximum absolute atomic E-state index is 12.0. The summed E-state index contributed by atoms with van der Waals surface area (Å²) in [5.41, 5.74) is 7.18. The quantitative estimate of drug-likeness (QED) is 0.907. The van der Waals surface area contributed by atoms with E-state index in [-0.39, 0.29) is 16.9 Å². The van der Waals surface area contributed by atoms with E-state index in [1.807, 2.05) is 38.1 Å². The average Bonchev–Trinajstić information content (AvgIpc) is 2.38. The molecule has 6 heteroatoms. The second kappa shape index (κ2) is 6.15. The third-order valence-corrected chi connectivity index (χ3v) is 3.10. The molecule has 0 radical (unpaired) electrons. The first kappa shape index (κ1) is 14.7. The largest absolute Gasteiger partial charge is 0.320 e. The molecule has 0 saturated heterocycles. The molecule has 0 aliphatic carbocycles. The Labute approximate surface area is 122 Å². The van der Waals surface area contributed by atoms with Gasteiger partial charge < -0.3 is 11.1 Å². The topological polar surface area (TPSA) is 80.9 Å². The van der Waals surface area contributed by atoms with Crippen molar-refractivity contribution in [3.8, 4) is 0 Å². The first-order valence-corrected chi connectivity index (χ1v) is 6.84. The van der Waals surface area contributed by atoms with Gasteiger partial charge in [-0.15, -0.1) is 0 Å². The molecule has 2 aromatic rings. The fourth-order valence-electron chi connectivity index (χ4n) is 1.88. The van der Waals surface area contributed by atoms with Crippen molar-refractivity contribution in [2.75, 3.05) is 5.32 Å². The Balaban J connectivity index is 2.21. The summed E-state index contributed by atoms with van der Waals surface area (Å²) < 4.78 is 0. The van der Waals surface area contributed by atoms with E-state index in [1.54, 1.807) is 0 Å². The van der Waals surface area contributed by atoms with Crippen LogP contribution in [0.1, 0.15) is 20.3 Å². The van der Waals surface area contributed by atoms with Gasteiger partial charge in [0.1, 0.15) is 0 Å². The third kappa shape index (κ3) is 3.43. The number of carbonyl (C=O) groups excluding carboxylic acids is 1. The molecule has 0 bridgehead atoms. The lowest BCUT2D eigenvalue weighted by Gasteiger charge is -2.14. The van der Waals surface area contributed by atoms with Crippen LogP contribution in [0.15, 0.2) is 24.3 Å². The summed E-state index contributed by atoms with van der Waals surface area (Å²) in [6.45, 7) is 4.02. The summed E-state index contributed by atoms with van der Waals surface area (Å²) in [5.74, 6) is 0.286. The fraction of sp³-hybridized carbons (Fsp3) is 0.357. The summed E-state index contributed by atoms with van der Waals surface area (Å²) in [5, 5.41) is 2.80. The summed E-state index contributed by atoms with van der Waals surface area (Å²) in [7, 11) is 0. The number of para-hydroxylation sites is 2. The number of carbonyl (C=O) groups is 1. The molecule has 0 unspecified atom stereocenters. The molecule has 1 heterocycles. The number of nitrogens with one attached hydrogen (secondary N) is 1. The van der Waals surface area contributed by atoms with E-state index in [2.05, 4.69) is 15.3 Å². The van der Waals surface area contributed by atoms with Crippen LogP contribution < -0.4 is 11.1 Å². The van der Waals surface area contributed by atoms with Gasteiger partial charge in [0.2, 0.25) is 5.91 Å². The molecule has 1 atom stereocenters. The van der Waals surface area contributed by atoms with Crippen molar-refractivity contribution in [3.63, 3.8) is 0 Å². The number of rotatable bonds is 4. The highest BCUT2D eigenvalue weighted by atomic mass is 35.5. The Morgan fingerprint density at radius 1 is 1.30 bits per heavy atom. The summed E-state index contributed by atoms with van der Waals surface area (Å²) in [6.07, 6.45) is 0.602. The van der Waals surface area contributed by atoms with Crippen LogP contribution in [0, 0.1) is 5.92 Å². The highest BCUT2D eigenvalue weighted by Gasteiger charge is 2.17. The second-order valence-corrected chi connectivity index (χ2v) is 5.44. The second-order valence-electron chi connectivity index (χ2n) is 5.08. The lowest BCUT2D eigenvalue weighted by Crippen LogP contribution is -2.37. The molecular weight excluding hydrogens is 276 g/mol. The molecule has 0 fully saturated rings. The van der Waals surface area contributed by atoms with Crippen molar-refractivity contribution >= 4 is 34.4 Å². The van der Waals surface area contributed by atoms with Crippen molar-refractivity contribution in [2.24, 2.45) is 11.7 Å². The Kier molecular flexibility index (Phi) is 4.52. The minimum atomic E-state index is -0.584. The van der Waals surface area contributed by atoms with E-state index < -0.39 is 6.04 Å². The SMILES string of the molecule is CC(C)C[C@H](N)C(=O)Nc1nc2ccccc2nc1Cl. The lowest BCUT2D eigenvalue weighted by atomic mass is 10.0. The molecule has 3 N–H and O–H groups in total. The van der Waals surface area contributed by atoms with Crippen LogP contribution in [0.3, 0.4) is 0 Å². The number of hydrogen-bond acceptors (Lipinski definition) is 4. The summed E-state index contributed by atoms with van der Waals surface area (Å²) >= 11 is 6.03. The number of nitrogens with two attached hydrogens (primary N) is 1.